The van der Waals surface area contributed by atoms with Crippen molar-refractivity contribution in [2.75, 3.05) is 32.0 Å². The first-order chi connectivity index (χ1) is 19.8. The summed E-state index contributed by atoms with van der Waals surface area (Å²) in [7, 11) is 0. The van der Waals surface area contributed by atoms with E-state index in [0.29, 0.717) is 73.1 Å². The summed E-state index contributed by atoms with van der Waals surface area (Å²) in [6.07, 6.45) is 4.38. The number of rotatable bonds is 8. The van der Waals surface area contributed by atoms with Crippen LogP contribution in [0.1, 0.15) is 24.2 Å². The first kappa shape index (κ1) is 26.4. The Hall–Kier alpha value is -4.85. The van der Waals surface area contributed by atoms with Crippen LogP contribution >= 0.6 is 0 Å². The molecule has 1 aliphatic rings. The molecule has 0 aliphatic carbocycles. The highest BCUT2D eigenvalue weighted by molar-refractivity contribution is 5.98. The van der Waals surface area contributed by atoms with E-state index in [1.165, 1.54) is 18.5 Å². The molecular weight excluding hydrogens is 533 g/mol. The lowest BCUT2D eigenvalue weighted by Crippen LogP contribution is -2.38. The third kappa shape index (κ3) is 5.20. The minimum absolute atomic E-state index is 0.0977. The first-order valence-electron chi connectivity index (χ1n) is 13.2. The molecule has 0 radical (unpaired) electrons. The van der Waals surface area contributed by atoms with Gasteiger partial charge in [-0.1, -0.05) is 0 Å². The van der Waals surface area contributed by atoms with E-state index in [1.807, 2.05) is 19.2 Å². The van der Waals surface area contributed by atoms with Gasteiger partial charge < -0.3 is 20.7 Å². The molecule has 0 amide bonds. The number of ether oxygens (including phenoxy) is 1. The molecule has 5 heterocycles. The molecule has 5 aromatic rings. The van der Waals surface area contributed by atoms with Crippen molar-refractivity contribution >= 4 is 28.3 Å². The van der Waals surface area contributed by atoms with Crippen LogP contribution in [-0.4, -0.2) is 81.7 Å². The van der Waals surface area contributed by atoms with E-state index in [0.717, 1.165) is 17.1 Å². The van der Waals surface area contributed by atoms with Crippen molar-refractivity contribution in [2.24, 2.45) is 5.92 Å². The molecule has 1 saturated heterocycles. The second-order valence-corrected chi connectivity index (χ2v) is 10.1. The number of carboxylic acid groups (broad SMARTS) is 1. The molecule has 13 nitrogen and oxygen atoms in total. The van der Waals surface area contributed by atoms with Crippen LogP contribution in [0.15, 0.2) is 36.8 Å². The molecular formula is C27H28FN9O4. The lowest BCUT2D eigenvalue weighted by Gasteiger charge is -2.29. The molecule has 1 aliphatic heterocycles. The zero-order valence-electron chi connectivity index (χ0n) is 22.2. The summed E-state index contributed by atoms with van der Waals surface area (Å²) in [6.45, 7) is 4.47. The number of nitrogen functional groups attached to an aromatic ring is 1. The van der Waals surface area contributed by atoms with Crippen molar-refractivity contribution < 1.29 is 24.1 Å². The molecule has 41 heavy (non-hydrogen) atoms. The maximum absolute atomic E-state index is 14.1. The maximum atomic E-state index is 14.1. The van der Waals surface area contributed by atoms with Gasteiger partial charge in [-0.3, -0.25) is 9.69 Å². The monoisotopic (exact) mass is 561 g/mol. The standard InChI is InChI=1S/C27H28FN9O4/c1-15-2-7-36-23(15)26(41-9-8-35-5-3-16(4-6-35)27(39)40)32-20(33-36)13-37-25-21(24(29)30-14-31-25)22(34-37)17-10-18(28)12-19(38)11-17/h2,7,10-12,14,16,38H,3-6,8-9,13H2,1H3,(H,39,40)(H2,29,30,31). The first-order valence-corrected chi connectivity index (χ1v) is 13.2. The fourth-order valence-electron chi connectivity index (χ4n) is 5.21. The highest BCUT2D eigenvalue weighted by Gasteiger charge is 2.25. The lowest BCUT2D eigenvalue weighted by atomic mass is 9.97. The number of piperidine rings is 1. The molecule has 14 heteroatoms. The smallest absolute Gasteiger partial charge is 0.306 e. The van der Waals surface area contributed by atoms with Crippen molar-refractivity contribution in [1.29, 1.82) is 0 Å². The van der Waals surface area contributed by atoms with Crippen LogP contribution in [0.5, 0.6) is 11.6 Å². The van der Waals surface area contributed by atoms with Gasteiger partial charge in [-0.05, 0) is 56.6 Å². The van der Waals surface area contributed by atoms with E-state index in [9.17, 15) is 19.4 Å². The SMILES string of the molecule is Cc1ccn2nc(Cn3nc(-c4cc(O)cc(F)c4)c4c(N)ncnc43)nc(OCCN3CCC(C(=O)O)CC3)c12. The number of aromatic nitrogens is 7. The highest BCUT2D eigenvalue weighted by Crippen LogP contribution is 2.33. The van der Waals surface area contributed by atoms with Gasteiger partial charge in [0.15, 0.2) is 11.5 Å². The maximum Gasteiger partial charge on any atom is 0.306 e. The molecule has 0 unspecified atom stereocenters. The molecule has 0 bridgehead atoms. The Balaban J connectivity index is 1.28. The molecule has 0 saturated carbocycles. The second kappa shape index (κ2) is 10.6. The number of phenols is 1. The summed E-state index contributed by atoms with van der Waals surface area (Å²) in [5, 5.41) is 28.9. The summed E-state index contributed by atoms with van der Waals surface area (Å²) < 4.78 is 23.5. The molecule has 4 aromatic heterocycles. The fraction of sp³-hybridized carbons (Fsp3) is 0.333. The summed E-state index contributed by atoms with van der Waals surface area (Å²) in [4.78, 5) is 26.6. The normalized spacial score (nSPS) is 14.7. The van der Waals surface area contributed by atoms with E-state index < -0.39 is 11.8 Å². The number of carbonyl (C=O) groups is 1. The Kier molecular flexibility index (Phi) is 6.83. The number of nitrogens with zero attached hydrogens (tertiary/aromatic N) is 8. The van der Waals surface area contributed by atoms with Crippen LogP contribution in [-0.2, 0) is 11.3 Å². The number of fused-ring (bicyclic) bond motifs is 2. The summed E-state index contributed by atoms with van der Waals surface area (Å²) in [6, 6.07) is 5.57. The summed E-state index contributed by atoms with van der Waals surface area (Å²) >= 11 is 0. The number of aromatic hydroxyl groups is 1. The quantitative estimate of drug-likeness (QED) is 0.254. The van der Waals surface area contributed by atoms with E-state index in [2.05, 4.69) is 25.1 Å². The van der Waals surface area contributed by atoms with Crippen molar-refractivity contribution in [3.05, 3.63) is 54.0 Å². The van der Waals surface area contributed by atoms with Crippen molar-refractivity contribution in [2.45, 2.75) is 26.3 Å². The zero-order chi connectivity index (χ0) is 28.7. The number of halogens is 1. The highest BCUT2D eigenvalue weighted by atomic mass is 19.1. The predicted molar refractivity (Wildman–Crippen MR) is 146 cm³/mol. The number of hydrogen-bond donors (Lipinski definition) is 3. The van der Waals surface area contributed by atoms with Crippen LogP contribution in [0.25, 0.3) is 27.8 Å². The zero-order valence-corrected chi connectivity index (χ0v) is 22.2. The van der Waals surface area contributed by atoms with Gasteiger partial charge in [0, 0.05) is 24.4 Å². The largest absolute Gasteiger partial charge is 0.508 e. The van der Waals surface area contributed by atoms with Crippen LogP contribution in [0.3, 0.4) is 0 Å². The second-order valence-electron chi connectivity index (χ2n) is 10.1. The van der Waals surface area contributed by atoms with Crippen LogP contribution in [0.4, 0.5) is 10.2 Å². The number of hydrogen-bond acceptors (Lipinski definition) is 10. The number of anilines is 1. The summed E-state index contributed by atoms with van der Waals surface area (Å²) in [5.41, 5.74) is 8.89. The van der Waals surface area contributed by atoms with Gasteiger partial charge in [0.25, 0.3) is 0 Å². The van der Waals surface area contributed by atoms with Crippen LogP contribution < -0.4 is 10.5 Å². The number of nitrogens with two attached hydrogens (primary N) is 1. The summed E-state index contributed by atoms with van der Waals surface area (Å²) in [5.74, 6) is -0.925. The van der Waals surface area contributed by atoms with Crippen molar-refractivity contribution in [3.8, 4) is 22.9 Å². The van der Waals surface area contributed by atoms with Gasteiger partial charge in [-0.25, -0.2) is 23.6 Å². The molecule has 1 aromatic carbocycles. The van der Waals surface area contributed by atoms with Crippen molar-refractivity contribution in [3.63, 3.8) is 0 Å². The van der Waals surface area contributed by atoms with Crippen molar-refractivity contribution in [1.82, 2.24) is 39.2 Å². The number of likely N-dealkylation sites (tertiary alicyclic amines) is 1. The average Bonchev–Trinajstić information content (AvgIpc) is 3.50. The molecule has 4 N–H and O–H groups in total. The van der Waals surface area contributed by atoms with Crippen LogP contribution in [0.2, 0.25) is 0 Å². The fourth-order valence-corrected chi connectivity index (χ4v) is 5.21. The van der Waals surface area contributed by atoms with E-state index in [-0.39, 0.29) is 24.0 Å². The van der Waals surface area contributed by atoms with E-state index in [1.54, 1.807) is 9.20 Å². The molecule has 6 rings (SSSR count). The third-order valence-electron chi connectivity index (χ3n) is 7.31. The van der Waals surface area contributed by atoms with E-state index >= 15 is 0 Å². The Morgan fingerprint density at radius 3 is 2.76 bits per heavy atom. The lowest BCUT2D eigenvalue weighted by molar-refractivity contribution is -0.143. The van der Waals surface area contributed by atoms with Gasteiger partial charge in [0.05, 0.1) is 11.3 Å². The minimum atomic E-state index is -0.735. The van der Waals surface area contributed by atoms with Gasteiger partial charge in [0.1, 0.15) is 48.1 Å². The number of aliphatic carboxylic acids is 1. The third-order valence-corrected chi connectivity index (χ3v) is 7.31. The van der Waals surface area contributed by atoms with Gasteiger partial charge >= 0.3 is 5.97 Å². The van der Waals surface area contributed by atoms with E-state index in [4.69, 9.17) is 15.5 Å². The Morgan fingerprint density at radius 2 is 2.00 bits per heavy atom. The van der Waals surface area contributed by atoms with Gasteiger partial charge in [-0.2, -0.15) is 15.2 Å². The van der Waals surface area contributed by atoms with Crippen LogP contribution in [0, 0.1) is 18.7 Å². The predicted octanol–water partition coefficient (Wildman–Crippen LogP) is 2.50. The average molecular weight is 562 g/mol. The topological polar surface area (TPSA) is 170 Å². The Morgan fingerprint density at radius 1 is 1.20 bits per heavy atom. The van der Waals surface area contributed by atoms with Gasteiger partial charge in [0.2, 0.25) is 5.88 Å². The minimum Gasteiger partial charge on any atom is -0.508 e. The number of benzene rings is 1. The Labute approximate surface area is 233 Å². The Bertz CT molecular complexity index is 1740. The number of phenolic OH excluding ortho intramolecular Hbond substituents is 1. The molecule has 0 spiro atoms. The molecule has 212 valence electrons. The molecule has 0 atom stereocenters. The van der Waals surface area contributed by atoms with Gasteiger partial charge in [-0.15, -0.1) is 0 Å². The molecule has 1 fully saturated rings. The number of carboxylic acids is 1. The number of aryl methyl sites for hydroxylation is 1.